The third-order valence-corrected chi connectivity index (χ3v) is 4.71. The zero-order valence-corrected chi connectivity index (χ0v) is 15.0. The monoisotopic (exact) mass is 357 g/mol. The van der Waals surface area contributed by atoms with E-state index < -0.39 is 6.17 Å². The topological polar surface area (TPSA) is 44.8 Å². The predicted molar refractivity (Wildman–Crippen MR) is 96.9 cm³/mol. The summed E-state index contributed by atoms with van der Waals surface area (Å²) in [7, 11) is 0. The van der Waals surface area contributed by atoms with Gasteiger partial charge in [0.25, 0.3) is 0 Å². The molecule has 2 aromatic heterocycles. The first-order valence-electron chi connectivity index (χ1n) is 8.51. The van der Waals surface area contributed by atoms with Crippen LogP contribution in [0, 0.1) is 24.9 Å². The molecule has 0 radical (unpaired) electrons. The molecule has 0 N–H and O–H groups in total. The number of hydrogen-bond donors (Lipinski definition) is 0. The first kappa shape index (κ1) is 18.0. The van der Waals surface area contributed by atoms with E-state index in [0.717, 1.165) is 11.3 Å². The van der Waals surface area contributed by atoms with Crippen molar-refractivity contribution in [2.24, 2.45) is 0 Å². The van der Waals surface area contributed by atoms with Crippen LogP contribution in [-0.2, 0) is 13.0 Å². The summed E-state index contributed by atoms with van der Waals surface area (Å²) in [6, 6.07) is 5.69. The summed E-state index contributed by atoms with van der Waals surface area (Å²) in [5.74, 6) is -0.367. The summed E-state index contributed by atoms with van der Waals surface area (Å²) in [5.41, 5.74) is 3.31. The zero-order valence-electron chi connectivity index (χ0n) is 15.0. The first-order valence-corrected chi connectivity index (χ1v) is 8.51. The normalized spacial score (nSPS) is 13.0. The second-order valence-corrected chi connectivity index (χ2v) is 6.37. The molecule has 0 aliphatic carbocycles. The van der Waals surface area contributed by atoms with Crippen molar-refractivity contribution >= 4 is 10.9 Å². The average Bonchev–Trinajstić information content (AvgIpc) is 2.85. The largest absolute Gasteiger partial charge is 0.594 e. The van der Waals surface area contributed by atoms with E-state index in [4.69, 9.17) is 0 Å². The highest BCUT2D eigenvalue weighted by molar-refractivity contribution is 5.86. The molecule has 0 saturated carbocycles. The summed E-state index contributed by atoms with van der Waals surface area (Å²) < 4.78 is 30.2. The zero-order chi connectivity index (χ0) is 18.8. The van der Waals surface area contributed by atoms with Crippen LogP contribution in [0.2, 0.25) is 0 Å². The third kappa shape index (κ3) is 3.31. The Morgan fingerprint density at radius 2 is 1.96 bits per heavy atom. The summed E-state index contributed by atoms with van der Waals surface area (Å²) in [6.07, 6.45) is 3.84. The van der Waals surface area contributed by atoms with Crippen LogP contribution >= 0.6 is 0 Å². The Bertz CT molecular complexity index is 962. The highest BCUT2D eigenvalue weighted by Gasteiger charge is 2.25. The Balaban J connectivity index is 2.11. The quantitative estimate of drug-likeness (QED) is 0.389. The highest BCUT2D eigenvalue weighted by Crippen LogP contribution is 2.31. The number of rotatable bonds is 5. The fraction of sp³-hybridized carbons (Fsp3) is 0.300. The summed E-state index contributed by atoms with van der Waals surface area (Å²) in [4.78, 5) is 0.418. The van der Waals surface area contributed by atoms with Gasteiger partial charge >= 0.3 is 0 Å². The minimum Gasteiger partial charge on any atom is -0.594 e. The molecule has 136 valence electrons. The molecule has 26 heavy (non-hydrogen) atoms. The van der Waals surface area contributed by atoms with Gasteiger partial charge in [0, 0.05) is 23.8 Å². The maximum Gasteiger partial charge on any atom is 0.219 e. The minimum atomic E-state index is -1.47. The molecule has 0 aliphatic heterocycles. The molecule has 0 bridgehead atoms. The van der Waals surface area contributed by atoms with E-state index >= 15 is 4.39 Å². The Labute approximate surface area is 151 Å². The number of aromatic nitrogens is 3. The van der Waals surface area contributed by atoms with E-state index in [2.05, 4.69) is 5.10 Å². The number of benzene rings is 1. The van der Waals surface area contributed by atoms with Crippen molar-refractivity contribution in [3.05, 3.63) is 76.2 Å². The SMILES string of the molecule is CC=CCn1c(C)c(C)c2c[n+]([O-])nc(C(F)Cc3ccc(F)cc3)c21. The fourth-order valence-corrected chi connectivity index (χ4v) is 3.19. The van der Waals surface area contributed by atoms with Gasteiger partial charge in [0.15, 0.2) is 11.9 Å². The number of halogens is 2. The van der Waals surface area contributed by atoms with Gasteiger partial charge in [0.1, 0.15) is 5.82 Å². The number of fused-ring (bicyclic) bond motifs is 1. The van der Waals surface area contributed by atoms with Crippen LogP contribution in [0.1, 0.15) is 35.6 Å². The van der Waals surface area contributed by atoms with E-state index in [9.17, 15) is 9.60 Å². The molecule has 4 nitrogen and oxygen atoms in total. The lowest BCUT2D eigenvalue weighted by atomic mass is 10.0. The van der Waals surface area contributed by atoms with Gasteiger partial charge in [-0.25, -0.2) is 8.78 Å². The lowest BCUT2D eigenvalue weighted by molar-refractivity contribution is -0.668. The fourth-order valence-electron chi connectivity index (χ4n) is 3.19. The first-order chi connectivity index (χ1) is 12.4. The smallest absolute Gasteiger partial charge is 0.219 e. The highest BCUT2D eigenvalue weighted by atomic mass is 19.1. The number of allylic oxidation sites excluding steroid dienone is 2. The molecule has 1 atom stereocenters. The predicted octanol–water partition coefficient (Wildman–Crippen LogP) is 4.26. The lowest BCUT2D eigenvalue weighted by Gasteiger charge is -2.11. The van der Waals surface area contributed by atoms with Gasteiger partial charge in [-0.05, 0) is 44.0 Å². The summed E-state index contributed by atoms with van der Waals surface area (Å²) >= 11 is 0. The number of hydrogen-bond acceptors (Lipinski definition) is 2. The van der Waals surface area contributed by atoms with E-state index in [-0.39, 0.29) is 17.9 Å². The van der Waals surface area contributed by atoms with E-state index in [1.807, 2.05) is 37.5 Å². The second-order valence-electron chi connectivity index (χ2n) is 6.37. The molecule has 3 rings (SSSR count). The molecule has 0 spiro atoms. The van der Waals surface area contributed by atoms with E-state index in [1.165, 1.54) is 18.3 Å². The lowest BCUT2D eigenvalue weighted by Crippen LogP contribution is -2.32. The number of alkyl halides is 1. The molecule has 2 heterocycles. The molecule has 0 aliphatic rings. The molecule has 1 unspecified atom stereocenters. The molecule has 0 saturated heterocycles. The van der Waals surface area contributed by atoms with Crippen molar-refractivity contribution in [3.8, 4) is 0 Å². The maximum atomic E-state index is 15.1. The Hall–Kier alpha value is -2.76. The van der Waals surface area contributed by atoms with Crippen LogP contribution in [0.4, 0.5) is 8.78 Å². The van der Waals surface area contributed by atoms with Gasteiger partial charge < -0.3 is 9.77 Å². The van der Waals surface area contributed by atoms with Crippen molar-refractivity contribution in [1.29, 1.82) is 0 Å². The van der Waals surface area contributed by atoms with Gasteiger partial charge in [-0.3, -0.25) is 0 Å². The molecule has 1 aromatic carbocycles. The molecule has 6 heteroatoms. The van der Waals surface area contributed by atoms with Gasteiger partial charge in [0.2, 0.25) is 6.20 Å². The van der Waals surface area contributed by atoms with Crippen molar-refractivity contribution in [2.45, 2.75) is 39.9 Å². The number of nitrogens with zero attached hydrogens (tertiary/aromatic N) is 3. The summed E-state index contributed by atoms with van der Waals surface area (Å²) in [6.45, 7) is 6.37. The standard InChI is InChI=1S/C20H21F2N3O/c1-4-5-10-24-14(3)13(2)17-12-25(26)23-19(20(17)24)18(22)11-15-6-8-16(21)9-7-15/h4-9,12,18H,10-11H2,1-3H3. The van der Waals surface area contributed by atoms with Crippen molar-refractivity contribution < 1.29 is 13.6 Å². The average molecular weight is 357 g/mol. The summed E-state index contributed by atoms with van der Waals surface area (Å²) in [5, 5.41) is 16.6. The van der Waals surface area contributed by atoms with E-state index in [0.29, 0.717) is 27.9 Å². The van der Waals surface area contributed by atoms with Crippen LogP contribution in [-0.4, -0.2) is 9.67 Å². The maximum absolute atomic E-state index is 15.1. The van der Waals surface area contributed by atoms with Crippen LogP contribution in [0.15, 0.2) is 42.6 Å². The second kappa shape index (κ2) is 7.23. The molecular formula is C20H21F2N3O. The number of aryl methyl sites for hydroxylation is 1. The van der Waals surface area contributed by atoms with Crippen LogP contribution in [0.25, 0.3) is 10.9 Å². The Morgan fingerprint density at radius 3 is 2.62 bits per heavy atom. The molecule has 0 fully saturated rings. The Morgan fingerprint density at radius 1 is 1.27 bits per heavy atom. The van der Waals surface area contributed by atoms with Crippen molar-refractivity contribution in [3.63, 3.8) is 0 Å². The Kier molecular flexibility index (Phi) is 5.02. The van der Waals surface area contributed by atoms with Crippen LogP contribution in [0.5, 0.6) is 0 Å². The van der Waals surface area contributed by atoms with Gasteiger partial charge in [-0.2, -0.15) is 0 Å². The van der Waals surface area contributed by atoms with Gasteiger partial charge in [-0.15, -0.1) is 0 Å². The van der Waals surface area contributed by atoms with Crippen LogP contribution < -0.4 is 4.85 Å². The molecule has 3 aromatic rings. The van der Waals surface area contributed by atoms with Crippen molar-refractivity contribution in [1.82, 2.24) is 9.67 Å². The van der Waals surface area contributed by atoms with Gasteiger partial charge in [-0.1, -0.05) is 29.1 Å². The van der Waals surface area contributed by atoms with E-state index in [1.54, 1.807) is 12.1 Å². The van der Waals surface area contributed by atoms with Crippen LogP contribution in [0.3, 0.4) is 0 Å². The van der Waals surface area contributed by atoms with Gasteiger partial charge in [0.05, 0.1) is 10.9 Å². The molecule has 0 amide bonds. The molecular weight excluding hydrogens is 336 g/mol. The third-order valence-electron chi connectivity index (χ3n) is 4.71. The van der Waals surface area contributed by atoms with Crippen molar-refractivity contribution in [2.75, 3.05) is 0 Å². The minimum absolute atomic E-state index is 0.0271.